The Balaban J connectivity index is 1.84. The van der Waals surface area contributed by atoms with Crippen LogP contribution in [0.25, 0.3) is 33.1 Å². The second-order valence-electron chi connectivity index (χ2n) is 8.54. The molecule has 8 heteroatoms. The number of ether oxygens (including phenoxy) is 2. The first kappa shape index (κ1) is 21.2. The van der Waals surface area contributed by atoms with E-state index < -0.39 is 23.7 Å². The summed E-state index contributed by atoms with van der Waals surface area (Å²) in [6.07, 6.45) is 3.02. The Morgan fingerprint density at radius 1 is 1.18 bits per heavy atom. The monoisotopic (exact) mass is 451 g/mol. The van der Waals surface area contributed by atoms with Crippen LogP contribution in [-0.2, 0) is 21.3 Å². The predicted molar refractivity (Wildman–Crippen MR) is 121 cm³/mol. The third-order valence-corrected chi connectivity index (χ3v) is 6.14. The van der Waals surface area contributed by atoms with Crippen LogP contribution in [-0.4, -0.2) is 33.5 Å². The number of esters is 1. The van der Waals surface area contributed by atoms with Gasteiger partial charge in [-0.3, -0.25) is 4.68 Å². The number of carbonyl (C=O) groups is 1. The third kappa shape index (κ3) is 3.28. The van der Waals surface area contributed by atoms with Gasteiger partial charge >= 0.3 is 5.97 Å². The molecule has 2 aromatic heterocycles. The Labute approximate surface area is 189 Å². The number of methoxy groups -OCH3 is 1. The molecule has 33 heavy (non-hydrogen) atoms. The number of fused-ring (bicyclic) bond motifs is 2. The number of nitrogens with zero attached hydrogens (tertiary/aromatic N) is 3. The van der Waals surface area contributed by atoms with Crippen LogP contribution in [0.3, 0.4) is 0 Å². The lowest BCUT2D eigenvalue weighted by Crippen LogP contribution is -2.20. The molecular formula is C25H23F2N3O3. The van der Waals surface area contributed by atoms with Crippen molar-refractivity contribution in [3.63, 3.8) is 0 Å². The highest BCUT2D eigenvalue weighted by Gasteiger charge is 2.32. The number of hydrogen-bond donors (Lipinski definition) is 0. The Morgan fingerprint density at radius 3 is 2.67 bits per heavy atom. The summed E-state index contributed by atoms with van der Waals surface area (Å²) in [6.45, 7) is 4.09. The molecule has 0 N–H and O–H groups in total. The Hall–Kier alpha value is -3.68. The highest BCUT2D eigenvalue weighted by Crippen LogP contribution is 2.43. The van der Waals surface area contributed by atoms with Gasteiger partial charge < -0.3 is 14.0 Å². The molecule has 4 aromatic rings. The summed E-state index contributed by atoms with van der Waals surface area (Å²) in [7, 11) is 3.20. The van der Waals surface area contributed by atoms with Crippen molar-refractivity contribution in [3.05, 3.63) is 65.7 Å². The summed E-state index contributed by atoms with van der Waals surface area (Å²) in [4.78, 5) is 12.1. The minimum absolute atomic E-state index is 0.0276. The fraction of sp³-hybridized carbons (Fsp3) is 0.280. The van der Waals surface area contributed by atoms with Crippen LogP contribution in [0.4, 0.5) is 8.78 Å². The van der Waals surface area contributed by atoms with Gasteiger partial charge in [0.2, 0.25) is 0 Å². The van der Waals surface area contributed by atoms with E-state index in [4.69, 9.17) is 9.47 Å². The molecule has 1 aliphatic heterocycles. The van der Waals surface area contributed by atoms with Crippen molar-refractivity contribution in [1.29, 1.82) is 0 Å². The molecule has 0 bridgehead atoms. The molecular weight excluding hydrogens is 428 g/mol. The molecule has 0 aliphatic carbocycles. The minimum atomic E-state index is -0.915. The van der Waals surface area contributed by atoms with Gasteiger partial charge in [-0.2, -0.15) is 5.10 Å². The van der Waals surface area contributed by atoms with Crippen molar-refractivity contribution in [1.82, 2.24) is 14.3 Å². The van der Waals surface area contributed by atoms with E-state index in [1.54, 1.807) is 23.2 Å². The third-order valence-electron chi connectivity index (χ3n) is 6.14. The van der Waals surface area contributed by atoms with Crippen LogP contribution in [0.5, 0.6) is 0 Å². The van der Waals surface area contributed by atoms with Crippen molar-refractivity contribution in [2.75, 3.05) is 7.11 Å². The van der Waals surface area contributed by atoms with Gasteiger partial charge in [0.05, 0.1) is 30.6 Å². The molecule has 0 amide bonds. The summed E-state index contributed by atoms with van der Waals surface area (Å²) < 4.78 is 42.2. The number of aryl methyl sites for hydroxylation is 1. The summed E-state index contributed by atoms with van der Waals surface area (Å²) >= 11 is 0. The maximum atomic E-state index is 14.3. The molecule has 1 unspecified atom stereocenters. The van der Waals surface area contributed by atoms with Gasteiger partial charge in [0, 0.05) is 52.8 Å². The highest BCUT2D eigenvalue weighted by atomic mass is 19.2. The molecule has 3 heterocycles. The van der Waals surface area contributed by atoms with Gasteiger partial charge in [-0.15, -0.1) is 0 Å². The molecule has 170 valence electrons. The molecule has 0 saturated heterocycles. The van der Waals surface area contributed by atoms with E-state index in [1.165, 1.54) is 13.2 Å². The number of hydrogen-bond acceptors (Lipinski definition) is 4. The van der Waals surface area contributed by atoms with Gasteiger partial charge in [-0.25, -0.2) is 13.6 Å². The van der Waals surface area contributed by atoms with Gasteiger partial charge in [0.25, 0.3) is 0 Å². The largest absolute Gasteiger partial charge is 0.486 e. The van der Waals surface area contributed by atoms with E-state index in [0.717, 1.165) is 44.7 Å². The van der Waals surface area contributed by atoms with E-state index in [9.17, 15) is 13.6 Å². The van der Waals surface area contributed by atoms with Crippen molar-refractivity contribution < 1.29 is 23.0 Å². The first-order valence-electron chi connectivity index (χ1n) is 10.7. The fourth-order valence-corrected chi connectivity index (χ4v) is 4.63. The number of rotatable bonds is 4. The van der Waals surface area contributed by atoms with E-state index in [0.29, 0.717) is 12.1 Å². The van der Waals surface area contributed by atoms with Crippen molar-refractivity contribution in [3.8, 4) is 5.69 Å². The standard InChI is InChI=1S/C25H23F2N3O3/c1-13(2)24-23(15-8-22(33-12-15)25(31)32-4)17-10-20-14(11-28-29(20)3)7-21(17)30(24)16-5-6-18(26)19(27)9-16/h5-7,9-13,22H,8H2,1-4H3. The van der Waals surface area contributed by atoms with Crippen LogP contribution in [0.1, 0.15) is 37.4 Å². The maximum Gasteiger partial charge on any atom is 0.347 e. The molecule has 0 radical (unpaired) electrons. The van der Waals surface area contributed by atoms with Gasteiger partial charge in [-0.1, -0.05) is 13.8 Å². The van der Waals surface area contributed by atoms with Crippen LogP contribution in [0.2, 0.25) is 0 Å². The average molecular weight is 451 g/mol. The minimum Gasteiger partial charge on any atom is -0.486 e. The maximum absolute atomic E-state index is 14.3. The Bertz CT molecular complexity index is 1450. The van der Waals surface area contributed by atoms with Gasteiger partial charge in [0.15, 0.2) is 17.7 Å². The van der Waals surface area contributed by atoms with Crippen molar-refractivity contribution in [2.24, 2.45) is 7.05 Å². The number of benzene rings is 2. The first-order chi connectivity index (χ1) is 15.8. The highest BCUT2D eigenvalue weighted by molar-refractivity contribution is 6.04. The molecule has 0 fully saturated rings. The SMILES string of the molecule is COC(=O)C1CC(c2c(C(C)C)n(-c3ccc(F)c(F)c3)c3cc4cnn(C)c4cc23)=CO1. The molecule has 0 spiro atoms. The van der Waals surface area contributed by atoms with Crippen LogP contribution < -0.4 is 0 Å². The van der Waals surface area contributed by atoms with Gasteiger partial charge in [-0.05, 0) is 30.2 Å². The lowest BCUT2D eigenvalue weighted by atomic mass is 9.94. The number of carbonyl (C=O) groups excluding carboxylic acids is 1. The smallest absolute Gasteiger partial charge is 0.347 e. The van der Waals surface area contributed by atoms with Crippen LogP contribution >= 0.6 is 0 Å². The van der Waals surface area contributed by atoms with E-state index in [-0.39, 0.29) is 5.92 Å². The number of halogens is 2. The molecule has 6 nitrogen and oxygen atoms in total. The quantitative estimate of drug-likeness (QED) is 0.399. The molecule has 5 rings (SSSR count). The summed E-state index contributed by atoms with van der Waals surface area (Å²) in [5.74, 6) is -2.23. The Kier molecular flexibility index (Phi) is 4.96. The predicted octanol–water partition coefficient (Wildman–Crippen LogP) is 5.22. The summed E-state index contributed by atoms with van der Waals surface area (Å²) in [6, 6.07) is 7.95. The Morgan fingerprint density at radius 2 is 1.97 bits per heavy atom. The molecule has 1 aliphatic rings. The van der Waals surface area contributed by atoms with E-state index in [2.05, 4.69) is 5.10 Å². The normalized spacial score (nSPS) is 16.0. The zero-order chi connectivity index (χ0) is 23.4. The average Bonchev–Trinajstić information content (AvgIpc) is 3.49. The zero-order valence-electron chi connectivity index (χ0n) is 18.7. The van der Waals surface area contributed by atoms with Crippen LogP contribution in [0.15, 0.2) is 42.8 Å². The van der Waals surface area contributed by atoms with Gasteiger partial charge in [0.1, 0.15) is 0 Å². The molecule has 0 saturated carbocycles. The summed E-state index contributed by atoms with van der Waals surface area (Å²) in [5, 5.41) is 6.20. The first-order valence-corrected chi connectivity index (χ1v) is 10.7. The fourth-order valence-electron chi connectivity index (χ4n) is 4.63. The van der Waals surface area contributed by atoms with E-state index in [1.807, 2.05) is 37.6 Å². The topological polar surface area (TPSA) is 58.3 Å². The van der Waals surface area contributed by atoms with E-state index >= 15 is 0 Å². The lowest BCUT2D eigenvalue weighted by molar-refractivity contribution is -0.149. The summed E-state index contributed by atoms with van der Waals surface area (Å²) in [5.41, 5.74) is 4.97. The van der Waals surface area contributed by atoms with Crippen molar-refractivity contribution in [2.45, 2.75) is 32.3 Å². The van der Waals surface area contributed by atoms with Crippen LogP contribution in [0, 0.1) is 11.6 Å². The molecule has 1 atom stereocenters. The second-order valence-corrected chi connectivity index (χ2v) is 8.54. The van der Waals surface area contributed by atoms with Crippen molar-refractivity contribution >= 4 is 33.3 Å². The zero-order valence-corrected chi connectivity index (χ0v) is 18.7. The molecule has 2 aromatic carbocycles. The number of aromatic nitrogens is 3. The lowest BCUT2D eigenvalue weighted by Gasteiger charge is -2.16. The second kappa shape index (κ2) is 7.72.